The number of ether oxygens (including phenoxy) is 2. The zero-order valence-corrected chi connectivity index (χ0v) is 17.4. The normalized spacial score (nSPS) is 12.2. The van der Waals surface area contributed by atoms with E-state index < -0.39 is 0 Å². The fourth-order valence-corrected chi connectivity index (χ4v) is 3.74. The number of nitrogens with one attached hydrogen (secondary N) is 1. The third-order valence-corrected chi connectivity index (χ3v) is 5.65. The number of amides is 1. The Bertz CT molecular complexity index is 1310. The molecule has 1 N–H and O–H groups in total. The molecule has 31 heavy (non-hydrogen) atoms. The van der Waals surface area contributed by atoms with Crippen molar-refractivity contribution in [1.82, 2.24) is 10.3 Å². The van der Waals surface area contributed by atoms with E-state index in [9.17, 15) is 4.79 Å². The molecule has 0 bridgehead atoms. The zero-order valence-electron chi connectivity index (χ0n) is 17.4. The lowest BCUT2D eigenvalue weighted by molar-refractivity contribution is 0.0952. The Morgan fingerprint density at radius 3 is 2.65 bits per heavy atom. The van der Waals surface area contributed by atoms with Gasteiger partial charge in [0.1, 0.15) is 0 Å². The van der Waals surface area contributed by atoms with Crippen LogP contribution in [0.5, 0.6) is 11.5 Å². The average Bonchev–Trinajstić information content (AvgIpc) is 3.26. The lowest BCUT2D eigenvalue weighted by Gasteiger charge is -2.12. The first kappa shape index (κ1) is 19.1. The first-order valence-corrected chi connectivity index (χ1v) is 10.2. The van der Waals surface area contributed by atoms with Crippen LogP contribution in [0.1, 0.15) is 27.0 Å². The summed E-state index contributed by atoms with van der Waals surface area (Å²) >= 11 is 0. The number of benzene rings is 3. The molecule has 1 aliphatic rings. The minimum Gasteiger partial charge on any atom is -0.454 e. The van der Waals surface area contributed by atoms with Gasteiger partial charge >= 0.3 is 0 Å². The number of hydrogen-bond acceptors (Lipinski definition) is 4. The fourth-order valence-electron chi connectivity index (χ4n) is 3.74. The van der Waals surface area contributed by atoms with Crippen LogP contribution < -0.4 is 14.8 Å². The molecule has 1 amide bonds. The van der Waals surface area contributed by atoms with Crippen LogP contribution in [0.15, 0.2) is 66.7 Å². The molecule has 0 saturated heterocycles. The molecule has 0 unspecified atom stereocenters. The van der Waals surface area contributed by atoms with Crippen LogP contribution >= 0.6 is 0 Å². The van der Waals surface area contributed by atoms with Gasteiger partial charge in [-0.25, -0.2) is 4.98 Å². The van der Waals surface area contributed by atoms with Crippen molar-refractivity contribution in [2.24, 2.45) is 0 Å². The van der Waals surface area contributed by atoms with E-state index in [4.69, 9.17) is 14.5 Å². The molecule has 154 valence electrons. The second kappa shape index (κ2) is 7.76. The maximum Gasteiger partial charge on any atom is 0.252 e. The van der Waals surface area contributed by atoms with Crippen LogP contribution in [-0.2, 0) is 6.54 Å². The summed E-state index contributed by atoms with van der Waals surface area (Å²) in [5, 5.41) is 3.87. The van der Waals surface area contributed by atoms with Gasteiger partial charge in [-0.2, -0.15) is 0 Å². The number of para-hydroxylation sites is 1. The van der Waals surface area contributed by atoms with Gasteiger partial charge < -0.3 is 14.8 Å². The highest BCUT2D eigenvalue weighted by molar-refractivity contribution is 6.07. The Morgan fingerprint density at radius 1 is 0.935 bits per heavy atom. The minimum atomic E-state index is -0.138. The van der Waals surface area contributed by atoms with E-state index in [-0.39, 0.29) is 12.7 Å². The average molecular weight is 410 g/mol. The molecule has 2 heterocycles. The zero-order chi connectivity index (χ0) is 21.4. The van der Waals surface area contributed by atoms with Gasteiger partial charge in [0, 0.05) is 17.5 Å². The summed E-state index contributed by atoms with van der Waals surface area (Å²) in [4.78, 5) is 18.0. The number of aromatic nitrogens is 1. The Balaban J connectivity index is 1.47. The molecule has 0 atom stereocenters. The second-order valence-electron chi connectivity index (χ2n) is 7.74. The topological polar surface area (TPSA) is 60.5 Å². The number of fused-ring (bicyclic) bond motifs is 2. The summed E-state index contributed by atoms with van der Waals surface area (Å²) in [5.41, 5.74) is 6.57. The van der Waals surface area contributed by atoms with Gasteiger partial charge in [-0.3, -0.25) is 4.79 Å². The predicted octanol–water partition coefficient (Wildman–Crippen LogP) is 5.18. The number of nitrogens with zero attached hydrogens (tertiary/aromatic N) is 1. The number of carbonyl (C=O) groups is 1. The lowest BCUT2D eigenvalue weighted by Crippen LogP contribution is -2.23. The molecule has 3 aromatic carbocycles. The molecule has 5 heteroatoms. The molecule has 0 fully saturated rings. The molecule has 4 aromatic rings. The van der Waals surface area contributed by atoms with Crippen molar-refractivity contribution < 1.29 is 14.3 Å². The highest BCUT2D eigenvalue weighted by Gasteiger charge is 2.16. The fraction of sp³-hybridized carbons (Fsp3) is 0.154. The third kappa shape index (κ3) is 3.70. The molecule has 5 nitrogen and oxygen atoms in total. The molecule has 0 aliphatic carbocycles. The van der Waals surface area contributed by atoms with Crippen LogP contribution in [0, 0.1) is 13.8 Å². The number of carbonyl (C=O) groups excluding carboxylic acids is 1. The van der Waals surface area contributed by atoms with Gasteiger partial charge in [0.05, 0.1) is 16.8 Å². The third-order valence-electron chi connectivity index (χ3n) is 5.65. The summed E-state index contributed by atoms with van der Waals surface area (Å²) in [6, 6.07) is 21.5. The van der Waals surface area contributed by atoms with Gasteiger partial charge in [0.25, 0.3) is 5.91 Å². The van der Waals surface area contributed by atoms with Crippen molar-refractivity contribution in [3.63, 3.8) is 0 Å². The molecule has 1 aliphatic heterocycles. The quantitative estimate of drug-likeness (QED) is 0.504. The molecular weight excluding hydrogens is 388 g/mol. The largest absolute Gasteiger partial charge is 0.454 e. The highest BCUT2D eigenvalue weighted by atomic mass is 16.7. The first-order chi connectivity index (χ1) is 15.1. The molecular formula is C26H22N2O3. The van der Waals surface area contributed by atoms with Crippen LogP contribution in [-0.4, -0.2) is 17.7 Å². The SMILES string of the molecule is Cc1ccc(-c2cc(C(=O)NCc3ccc4c(c3)OCO4)c3ccccc3n2)cc1C. The summed E-state index contributed by atoms with van der Waals surface area (Å²) in [7, 11) is 0. The Labute approximate surface area is 180 Å². The molecule has 0 radical (unpaired) electrons. The van der Waals surface area contributed by atoms with Crippen molar-refractivity contribution in [2.75, 3.05) is 6.79 Å². The standard InChI is InChI=1S/C26H22N2O3/c1-16-7-9-19(11-17(16)2)23-13-21(20-5-3-4-6-22(20)28-23)26(29)27-14-18-8-10-24-25(12-18)31-15-30-24/h3-13H,14-15H2,1-2H3,(H,27,29). The van der Waals surface area contributed by atoms with Crippen LogP contribution in [0.25, 0.3) is 22.2 Å². The summed E-state index contributed by atoms with van der Waals surface area (Å²) in [6.45, 7) is 4.79. The van der Waals surface area contributed by atoms with Gasteiger partial charge in [-0.1, -0.05) is 36.4 Å². The second-order valence-corrected chi connectivity index (χ2v) is 7.74. The van der Waals surface area contributed by atoms with Crippen molar-refractivity contribution in [2.45, 2.75) is 20.4 Å². The Kier molecular flexibility index (Phi) is 4.79. The van der Waals surface area contributed by atoms with E-state index in [0.29, 0.717) is 17.9 Å². The Morgan fingerprint density at radius 2 is 1.77 bits per heavy atom. The van der Waals surface area contributed by atoms with E-state index in [0.717, 1.165) is 33.5 Å². The number of pyridine rings is 1. The maximum absolute atomic E-state index is 13.2. The number of rotatable bonds is 4. The van der Waals surface area contributed by atoms with Crippen molar-refractivity contribution in [1.29, 1.82) is 0 Å². The minimum absolute atomic E-state index is 0.138. The molecule has 5 rings (SSSR count). The van der Waals surface area contributed by atoms with Gasteiger partial charge in [0.15, 0.2) is 11.5 Å². The molecule has 0 saturated carbocycles. The van der Waals surface area contributed by atoms with Gasteiger partial charge in [-0.15, -0.1) is 0 Å². The van der Waals surface area contributed by atoms with E-state index in [1.54, 1.807) is 0 Å². The van der Waals surface area contributed by atoms with E-state index in [1.807, 2.05) is 54.6 Å². The molecule has 0 spiro atoms. The lowest BCUT2D eigenvalue weighted by atomic mass is 10.0. The first-order valence-electron chi connectivity index (χ1n) is 10.2. The van der Waals surface area contributed by atoms with Crippen molar-refractivity contribution in [3.8, 4) is 22.8 Å². The predicted molar refractivity (Wildman–Crippen MR) is 120 cm³/mol. The van der Waals surface area contributed by atoms with Crippen LogP contribution in [0.3, 0.4) is 0 Å². The van der Waals surface area contributed by atoms with Gasteiger partial charge in [-0.05, 0) is 60.9 Å². The summed E-state index contributed by atoms with van der Waals surface area (Å²) < 4.78 is 10.8. The summed E-state index contributed by atoms with van der Waals surface area (Å²) in [5.74, 6) is 1.30. The molecule has 1 aromatic heterocycles. The van der Waals surface area contributed by atoms with E-state index in [2.05, 4.69) is 31.3 Å². The number of aryl methyl sites for hydroxylation is 2. The Hall–Kier alpha value is -3.86. The monoisotopic (exact) mass is 410 g/mol. The van der Waals surface area contributed by atoms with Gasteiger partial charge in [0.2, 0.25) is 6.79 Å². The van der Waals surface area contributed by atoms with Crippen molar-refractivity contribution in [3.05, 3.63) is 89.0 Å². The van der Waals surface area contributed by atoms with E-state index >= 15 is 0 Å². The van der Waals surface area contributed by atoms with Crippen LogP contribution in [0.2, 0.25) is 0 Å². The smallest absolute Gasteiger partial charge is 0.252 e. The number of hydrogen-bond donors (Lipinski definition) is 1. The van der Waals surface area contributed by atoms with Crippen molar-refractivity contribution >= 4 is 16.8 Å². The maximum atomic E-state index is 13.2. The van der Waals surface area contributed by atoms with Crippen LogP contribution in [0.4, 0.5) is 0 Å². The van der Waals surface area contributed by atoms with E-state index in [1.165, 1.54) is 11.1 Å². The summed E-state index contributed by atoms with van der Waals surface area (Å²) in [6.07, 6.45) is 0. The highest BCUT2D eigenvalue weighted by Crippen LogP contribution is 2.32.